The number of hydrogen-bond donors (Lipinski definition) is 3. The van der Waals surface area contributed by atoms with Crippen molar-refractivity contribution in [3.8, 4) is 0 Å². The van der Waals surface area contributed by atoms with E-state index in [0.29, 0.717) is 23.7 Å². The molecule has 2 atom stereocenters. The standard InChI is InChI=1S/C30H42ClN3O4S/c1-8-9-10-17-34(28(36)23(18-39)32-29(37)38-30(5,6)7)26(24-19(2)13-11-14-20(24)3)27(35)33-25-21(4)15-12-16-22(25)31/h11-16,23,26,39H,8-10,17-18H2,1-7H3,(H,32,37)(H,33,35). The molecule has 2 unspecified atom stereocenters. The number of alkyl carbamates (subject to hydrolysis) is 1. The molecule has 214 valence electrons. The van der Waals surface area contributed by atoms with Gasteiger partial charge in [0.1, 0.15) is 17.7 Å². The van der Waals surface area contributed by atoms with Crippen LogP contribution in [0.2, 0.25) is 5.02 Å². The number of rotatable bonds is 11. The van der Waals surface area contributed by atoms with Crippen molar-refractivity contribution in [1.29, 1.82) is 0 Å². The number of anilines is 1. The van der Waals surface area contributed by atoms with Crippen LogP contribution in [-0.4, -0.2) is 46.7 Å². The largest absolute Gasteiger partial charge is 0.444 e. The average Bonchev–Trinajstić information content (AvgIpc) is 2.84. The third-order valence-electron chi connectivity index (χ3n) is 6.30. The van der Waals surface area contributed by atoms with Gasteiger partial charge in [0.2, 0.25) is 5.91 Å². The van der Waals surface area contributed by atoms with Crippen molar-refractivity contribution in [3.63, 3.8) is 0 Å². The molecule has 0 heterocycles. The lowest BCUT2D eigenvalue weighted by Crippen LogP contribution is -2.53. The van der Waals surface area contributed by atoms with Crippen molar-refractivity contribution >= 4 is 47.8 Å². The summed E-state index contributed by atoms with van der Waals surface area (Å²) in [6.07, 6.45) is 1.78. The number of aryl methyl sites for hydroxylation is 3. The van der Waals surface area contributed by atoms with Crippen molar-refractivity contribution in [2.45, 2.75) is 85.4 Å². The summed E-state index contributed by atoms with van der Waals surface area (Å²) in [7, 11) is 0. The molecule has 7 nitrogen and oxygen atoms in total. The van der Waals surface area contributed by atoms with E-state index in [1.165, 1.54) is 0 Å². The van der Waals surface area contributed by atoms with Crippen molar-refractivity contribution in [2.24, 2.45) is 0 Å². The summed E-state index contributed by atoms with van der Waals surface area (Å²) in [6, 6.07) is 9.20. The predicted molar refractivity (Wildman–Crippen MR) is 162 cm³/mol. The number of amides is 3. The highest BCUT2D eigenvalue weighted by atomic mass is 35.5. The molecule has 0 saturated heterocycles. The Labute approximate surface area is 243 Å². The number of halogens is 1. The van der Waals surface area contributed by atoms with E-state index in [2.05, 4.69) is 30.2 Å². The van der Waals surface area contributed by atoms with Crippen LogP contribution in [0.25, 0.3) is 0 Å². The molecule has 0 saturated carbocycles. The van der Waals surface area contributed by atoms with Crippen molar-refractivity contribution in [3.05, 3.63) is 63.7 Å². The first-order valence-corrected chi connectivity index (χ1v) is 14.3. The highest BCUT2D eigenvalue weighted by Gasteiger charge is 2.37. The van der Waals surface area contributed by atoms with E-state index < -0.39 is 29.7 Å². The molecular formula is C30H42ClN3O4S. The Balaban J connectivity index is 2.60. The molecular weight excluding hydrogens is 534 g/mol. The SMILES string of the molecule is CCCCCN(C(=O)C(CS)NC(=O)OC(C)(C)C)C(C(=O)Nc1c(C)cccc1Cl)c1c(C)cccc1C. The molecule has 0 fully saturated rings. The minimum absolute atomic E-state index is 0.0348. The van der Waals surface area contributed by atoms with Gasteiger partial charge in [0.25, 0.3) is 5.91 Å². The van der Waals surface area contributed by atoms with Gasteiger partial charge in [-0.05, 0) is 76.3 Å². The molecule has 3 amide bonds. The molecule has 39 heavy (non-hydrogen) atoms. The smallest absolute Gasteiger partial charge is 0.408 e. The number of thiol groups is 1. The first-order chi connectivity index (χ1) is 18.3. The predicted octanol–water partition coefficient (Wildman–Crippen LogP) is 6.79. The number of carbonyl (C=O) groups excluding carboxylic acids is 3. The molecule has 0 bridgehead atoms. The number of nitrogens with one attached hydrogen (secondary N) is 2. The Morgan fingerprint density at radius 1 is 1.00 bits per heavy atom. The monoisotopic (exact) mass is 575 g/mol. The summed E-state index contributed by atoms with van der Waals surface area (Å²) < 4.78 is 5.39. The summed E-state index contributed by atoms with van der Waals surface area (Å²) in [4.78, 5) is 42.4. The Hall–Kier alpha value is -2.71. The summed E-state index contributed by atoms with van der Waals surface area (Å²) in [5, 5.41) is 6.05. The van der Waals surface area contributed by atoms with E-state index in [1.807, 2.05) is 51.1 Å². The topological polar surface area (TPSA) is 87.7 Å². The lowest BCUT2D eigenvalue weighted by Gasteiger charge is -2.35. The number of hydrogen-bond acceptors (Lipinski definition) is 5. The minimum atomic E-state index is -0.994. The first kappa shape index (κ1) is 32.5. The normalized spacial score (nSPS) is 12.8. The molecule has 2 aromatic rings. The molecule has 2 rings (SSSR count). The van der Waals surface area contributed by atoms with E-state index in [4.69, 9.17) is 16.3 Å². The fourth-order valence-corrected chi connectivity index (χ4v) is 4.92. The van der Waals surface area contributed by atoms with Gasteiger partial charge < -0.3 is 20.3 Å². The van der Waals surface area contributed by atoms with E-state index in [9.17, 15) is 14.4 Å². The fraction of sp³-hybridized carbons (Fsp3) is 0.500. The lowest BCUT2D eigenvalue weighted by atomic mass is 9.93. The molecule has 0 aliphatic heterocycles. The Bertz CT molecular complexity index is 1120. The number of benzene rings is 2. The summed E-state index contributed by atoms with van der Waals surface area (Å²) in [5.41, 5.74) is 3.06. The van der Waals surface area contributed by atoms with Crippen LogP contribution < -0.4 is 10.6 Å². The van der Waals surface area contributed by atoms with Gasteiger partial charge in [0.15, 0.2) is 0 Å². The van der Waals surface area contributed by atoms with Gasteiger partial charge in [-0.3, -0.25) is 9.59 Å². The van der Waals surface area contributed by atoms with Gasteiger partial charge in [0, 0.05) is 12.3 Å². The van der Waals surface area contributed by atoms with E-state index in [1.54, 1.807) is 31.7 Å². The molecule has 0 aliphatic rings. The van der Waals surface area contributed by atoms with Crippen LogP contribution in [0, 0.1) is 20.8 Å². The Kier molecular flexibility index (Phi) is 12.2. The zero-order chi connectivity index (χ0) is 29.3. The summed E-state index contributed by atoms with van der Waals surface area (Å²) >= 11 is 10.8. The number of nitrogens with zero attached hydrogens (tertiary/aromatic N) is 1. The van der Waals surface area contributed by atoms with E-state index in [-0.39, 0.29) is 11.7 Å². The third-order valence-corrected chi connectivity index (χ3v) is 6.98. The van der Waals surface area contributed by atoms with Crippen LogP contribution in [0.3, 0.4) is 0 Å². The summed E-state index contributed by atoms with van der Waals surface area (Å²) in [6.45, 7) is 13.3. The molecule has 9 heteroatoms. The molecule has 2 aromatic carbocycles. The van der Waals surface area contributed by atoms with Crippen molar-refractivity contribution in [2.75, 3.05) is 17.6 Å². The fourth-order valence-electron chi connectivity index (χ4n) is 4.40. The number of carbonyl (C=O) groups is 3. The maximum absolute atomic E-state index is 14.1. The van der Waals surface area contributed by atoms with Crippen LogP contribution in [-0.2, 0) is 14.3 Å². The third kappa shape index (κ3) is 9.17. The van der Waals surface area contributed by atoms with Gasteiger partial charge in [-0.15, -0.1) is 0 Å². The number of ether oxygens (including phenoxy) is 1. The van der Waals surface area contributed by atoms with Gasteiger partial charge >= 0.3 is 6.09 Å². The first-order valence-electron chi connectivity index (χ1n) is 13.3. The second kappa shape index (κ2) is 14.6. The molecule has 2 N–H and O–H groups in total. The van der Waals surface area contributed by atoms with Crippen molar-refractivity contribution < 1.29 is 19.1 Å². The highest BCUT2D eigenvalue weighted by Crippen LogP contribution is 2.32. The summed E-state index contributed by atoms with van der Waals surface area (Å²) in [5.74, 6) is -0.762. The van der Waals surface area contributed by atoms with Crippen LogP contribution in [0.4, 0.5) is 10.5 Å². The van der Waals surface area contributed by atoms with Crippen LogP contribution in [0.15, 0.2) is 36.4 Å². The van der Waals surface area contributed by atoms with Gasteiger partial charge in [-0.2, -0.15) is 12.6 Å². The van der Waals surface area contributed by atoms with Crippen LogP contribution in [0.1, 0.15) is 75.3 Å². The minimum Gasteiger partial charge on any atom is -0.444 e. The molecule has 0 radical (unpaired) electrons. The maximum Gasteiger partial charge on any atom is 0.408 e. The van der Waals surface area contributed by atoms with Crippen LogP contribution in [0.5, 0.6) is 0 Å². The second-order valence-electron chi connectivity index (χ2n) is 10.7. The van der Waals surface area contributed by atoms with Gasteiger partial charge in [-0.1, -0.05) is 61.7 Å². The Morgan fingerprint density at radius 2 is 1.59 bits per heavy atom. The molecule has 0 aliphatic carbocycles. The quantitative estimate of drug-likeness (QED) is 0.203. The Morgan fingerprint density at radius 3 is 2.13 bits per heavy atom. The average molecular weight is 576 g/mol. The van der Waals surface area contributed by atoms with Crippen molar-refractivity contribution in [1.82, 2.24) is 10.2 Å². The molecule has 0 aromatic heterocycles. The number of unbranched alkanes of at least 4 members (excludes halogenated alkanes) is 2. The van der Waals surface area contributed by atoms with Gasteiger partial charge in [0.05, 0.1) is 10.7 Å². The second-order valence-corrected chi connectivity index (χ2v) is 11.5. The van der Waals surface area contributed by atoms with Gasteiger partial charge in [-0.25, -0.2) is 4.79 Å². The number of para-hydroxylation sites is 1. The van der Waals surface area contributed by atoms with Crippen LogP contribution >= 0.6 is 24.2 Å². The van der Waals surface area contributed by atoms with E-state index in [0.717, 1.165) is 35.1 Å². The zero-order valence-corrected chi connectivity index (χ0v) is 25.7. The molecule has 0 spiro atoms. The lowest BCUT2D eigenvalue weighted by molar-refractivity contribution is -0.140. The highest BCUT2D eigenvalue weighted by molar-refractivity contribution is 7.80. The zero-order valence-electron chi connectivity index (χ0n) is 24.1. The maximum atomic E-state index is 14.1. The van der Waals surface area contributed by atoms with E-state index >= 15 is 0 Å².